The largest absolute Gasteiger partial charge is 0.340 e. The monoisotopic (exact) mass is 394 g/mol. The van der Waals surface area contributed by atoms with Crippen LogP contribution in [0.5, 0.6) is 0 Å². The van der Waals surface area contributed by atoms with Gasteiger partial charge in [-0.05, 0) is 50.2 Å². The average molecular weight is 395 g/mol. The molecule has 4 rings (SSSR count). The zero-order valence-electron chi connectivity index (χ0n) is 17.2. The van der Waals surface area contributed by atoms with Crippen molar-refractivity contribution in [3.05, 3.63) is 53.3 Å². The fraction of sp³-hybridized carbons (Fsp3) is 0.522. The van der Waals surface area contributed by atoms with Gasteiger partial charge in [0.05, 0.1) is 0 Å². The van der Waals surface area contributed by atoms with Crippen LogP contribution in [0, 0.1) is 0 Å². The first-order valence-electron chi connectivity index (χ1n) is 10.8. The molecule has 6 nitrogen and oxygen atoms in total. The molecule has 2 aliphatic rings. The minimum Gasteiger partial charge on any atom is -0.340 e. The Kier molecular flexibility index (Phi) is 5.69. The molecule has 2 saturated heterocycles. The number of nitrogens with one attached hydrogen (secondary N) is 1. The highest BCUT2D eigenvalue weighted by molar-refractivity contribution is 5.99. The summed E-state index contributed by atoms with van der Waals surface area (Å²) in [5, 5.41) is 7.20. The lowest BCUT2D eigenvalue weighted by molar-refractivity contribution is -0.145. The van der Waals surface area contributed by atoms with Gasteiger partial charge >= 0.3 is 0 Å². The number of hydrogen-bond donors (Lipinski definition) is 1. The Morgan fingerprint density at radius 2 is 1.90 bits per heavy atom. The van der Waals surface area contributed by atoms with Gasteiger partial charge in [-0.1, -0.05) is 43.7 Å². The second kappa shape index (κ2) is 8.39. The third-order valence-corrected chi connectivity index (χ3v) is 6.32. The molecule has 1 spiro atoms. The number of benzene rings is 1. The van der Waals surface area contributed by atoms with E-state index in [1.807, 2.05) is 34.1 Å². The highest BCUT2D eigenvalue weighted by atomic mass is 16.2. The SMILES string of the molecule is CCCc1cc(C(=O)N2CCCC23CCCN(CCc2ccccc2)C3=O)n[nH]1. The van der Waals surface area contributed by atoms with Gasteiger partial charge in [-0.25, -0.2) is 0 Å². The van der Waals surface area contributed by atoms with Gasteiger partial charge in [-0.3, -0.25) is 14.7 Å². The lowest BCUT2D eigenvalue weighted by Gasteiger charge is -2.44. The van der Waals surface area contributed by atoms with Crippen molar-refractivity contribution in [2.75, 3.05) is 19.6 Å². The van der Waals surface area contributed by atoms with Crippen molar-refractivity contribution in [2.24, 2.45) is 0 Å². The number of likely N-dealkylation sites (tertiary alicyclic amines) is 2. The molecule has 2 fully saturated rings. The summed E-state index contributed by atoms with van der Waals surface area (Å²) in [6.07, 6.45) is 6.03. The number of rotatable bonds is 6. The Balaban J connectivity index is 1.50. The van der Waals surface area contributed by atoms with E-state index in [1.54, 1.807) is 0 Å². The summed E-state index contributed by atoms with van der Waals surface area (Å²) < 4.78 is 0. The van der Waals surface area contributed by atoms with Gasteiger partial charge in [0.25, 0.3) is 5.91 Å². The quantitative estimate of drug-likeness (QED) is 0.818. The normalized spacial score (nSPS) is 21.9. The standard InChI is InChI=1S/C23H30N4O2/c1-2-8-19-17-20(25-24-19)21(28)27-15-7-13-23(27)12-6-14-26(22(23)29)16-11-18-9-4-3-5-10-18/h3-5,9-10,17H,2,6-8,11-16H2,1H3,(H,24,25). The lowest BCUT2D eigenvalue weighted by Crippen LogP contribution is -2.61. The highest BCUT2D eigenvalue weighted by Crippen LogP contribution is 2.39. The third kappa shape index (κ3) is 3.80. The van der Waals surface area contributed by atoms with Crippen LogP contribution in [0.1, 0.15) is 60.8 Å². The first-order chi connectivity index (χ1) is 14.1. The maximum atomic E-state index is 13.5. The summed E-state index contributed by atoms with van der Waals surface area (Å²) in [6.45, 7) is 4.21. The maximum Gasteiger partial charge on any atom is 0.275 e. The van der Waals surface area contributed by atoms with Gasteiger partial charge < -0.3 is 9.80 Å². The number of nitrogens with zero attached hydrogens (tertiary/aromatic N) is 3. The number of H-pyrrole nitrogens is 1. The van der Waals surface area contributed by atoms with Gasteiger partial charge in [0.2, 0.25) is 5.91 Å². The van der Waals surface area contributed by atoms with E-state index in [-0.39, 0.29) is 11.8 Å². The van der Waals surface area contributed by atoms with E-state index in [0.717, 1.165) is 57.2 Å². The summed E-state index contributed by atoms with van der Waals surface area (Å²) in [7, 11) is 0. The smallest absolute Gasteiger partial charge is 0.275 e. The summed E-state index contributed by atoms with van der Waals surface area (Å²) in [5.41, 5.74) is 1.96. The molecule has 2 aliphatic heterocycles. The molecule has 154 valence electrons. The number of aryl methyl sites for hydroxylation is 1. The molecular weight excluding hydrogens is 364 g/mol. The van der Waals surface area contributed by atoms with Crippen LogP contribution in [0.15, 0.2) is 36.4 Å². The van der Waals surface area contributed by atoms with Crippen LogP contribution >= 0.6 is 0 Å². The van der Waals surface area contributed by atoms with Crippen molar-refractivity contribution in [3.8, 4) is 0 Å². The number of carbonyl (C=O) groups is 2. The van der Waals surface area contributed by atoms with E-state index in [0.29, 0.717) is 18.8 Å². The summed E-state index contributed by atoms with van der Waals surface area (Å²) in [5.74, 6) is 0.00853. The second-order valence-electron chi connectivity index (χ2n) is 8.25. The van der Waals surface area contributed by atoms with E-state index in [9.17, 15) is 9.59 Å². The molecular formula is C23H30N4O2. The van der Waals surface area contributed by atoms with E-state index in [2.05, 4.69) is 29.3 Å². The Hall–Kier alpha value is -2.63. The molecule has 29 heavy (non-hydrogen) atoms. The fourth-order valence-corrected chi connectivity index (χ4v) is 4.85. The van der Waals surface area contributed by atoms with Gasteiger partial charge in [-0.2, -0.15) is 5.10 Å². The first-order valence-corrected chi connectivity index (χ1v) is 10.8. The minimum absolute atomic E-state index is 0.112. The summed E-state index contributed by atoms with van der Waals surface area (Å²) >= 11 is 0. The molecule has 1 atom stereocenters. The predicted octanol–water partition coefficient (Wildman–Crippen LogP) is 3.20. The van der Waals surface area contributed by atoms with Crippen molar-refractivity contribution < 1.29 is 9.59 Å². The summed E-state index contributed by atoms with van der Waals surface area (Å²) in [6, 6.07) is 12.1. The molecule has 1 N–H and O–H groups in total. The molecule has 6 heteroatoms. The Bertz CT molecular complexity index is 863. The van der Waals surface area contributed by atoms with Crippen LogP contribution in [-0.2, 0) is 17.6 Å². The number of aromatic nitrogens is 2. The van der Waals surface area contributed by atoms with Crippen LogP contribution in [0.3, 0.4) is 0 Å². The molecule has 0 saturated carbocycles. The zero-order chi connectivity index (χ0) is 20.3. The van der Waals surface area contributed by atoms with Crippen molar-refractivity contribution in [2.45, 2.75) is 57.4 Å². The van der Waals surface area contributed by atoms with Crippen molar-refractivity contribution in [1.82, 2.24) is 20.0 Å². The first kappa shape index (κ1) is 19.7. The van der Waals surface area contributed by atoms with Crippen LogP contribution in [0.4, 0.5) is 0 Å². The van der Waals surface area contributed by atoms with E-state index >= 15 is 0 Å². The van der Waals surface area contributed by atoms with Gasteiger partial charge in [0.1, 0.15) is 11.2 Å². The highest BCUT2D eigenvalue weighted by Gasteiger charge is 2.53. The van der Waals surface area contributed by atoms with Crippen LogP contribution in [-0.4, -0.2) is 57.0 Å². The van der Waals surface area contributed by atoms with Crippen molar-refractivity contribution in [3.63, 3.8) is 0 Å². The Morgan fingerprint density at radius 1 is 1.14 bits per heavy atom. The molecule has 2 aromatic rings. The Labute approximate surface area is 172 Å². The van der Waals surface area contributed by atoms with Crippen LogP contribution in [0.2, 0.25) is 0 Å². The fourth-order valence-electron chi connectivity index (χ4n) is 4.85. The molecule has 0 radical (unpaired) electrons. The van der Waals surface area contributed by atoms with Gasteiger partial charge in [0.15, 0.2) is 0 Å². The van der Waals surface area contributed by atoms with Crippen LogP contribution < -0.4 is 0 Å². The number of hydrogen-bond acceptors (Lipinski definition) is 3. The molecule has 0 aliphatic carbocycles. The predicted molar refractivity (Wildman–Crippen MR) is 112 cm³/mol. The number of carbonyl (C=O) groups excluding carboxylic acids is 2. The van der Waals surface area contributed by atoms with E-state index in [4.69, 9.17) is 0 Å². The van der Waals surface area contributed by atoms with Crippen LogP contribution in [0.25, 0.3) is 0 Å². The Morgan fingerprint density at radius 3 is 2.66 bits per heavy atom. The number of aromatic amines is 1. The number of amides is 2. The van der Waals surface area contributed by atoms with E-state index in [1.165, 1.54) is 5.56 Å². The maximum absolute atomic E-state index is 13.5. The molecule has 1 aromatic carbocycles. The van der Waals surface area contributed by atoms with Crippen molar-refractivity contribution in [1.29, 1.82) is 0 Å². The third-order valence-electron chi connectivity index (χ3n) is 6.32. The average Bonchev–Trinajstić information content (AvgIpc) is 3.38. The second-order valence-corrected chi connectivity index (χ2v) is 8.25. The summed E-state index contributed by atoms with van der Waals surface area (Å²) in [4.78, 5) is 30.6. The van der Waals surface area contributed by atoms with Gasteiger partial charge in [0, 0.05) is 25.3 Å². The molecule has 3 heterocycles. The lowest BCUT2D eigenvalue weighted by atomic mass is 9.85. The molecule has 2 amide bonds. The van der Waals surface area contributed by atoms with Gasteiger partial charge in [-0.15, -0.1) is 0 Å². The topological polar surface area (TPSA) is 69.3 Å². The number of piperidine rings is 1. The molecule has 1 unspecified atom stereocenters. The zero-order valence-corrected chi connectivity index (χ0v) is 17.2. The van der Waals surface area contributed by atoms with E-state index < -0.39 is 5.54 Å². The molecule has 0 bridgehead atoms. The minimum atomic E-state index is -0.685. The molecule has 1 aromatic heterocycles. The van der Waals surface area contributed by atoms with Crippen molar-refractivity contribution >= 4 is 11.8 Å².